The van der Waals surface area contributed by atoms with E-state index in [1.807, 2.05) is 25.9 Å². The summed E-state index contributed by atoms with van der Waals surface area (Å²) in [4.78, 5) is 14.9. The number of ether oxygens (including phenoxy) is 2. The van der Waals surface area contributed by atoms with Crippen LogP contribution in [0.2, 0.25) is 0 Å². The van der Waals surface area contributed by atoms with Crippen LogP contribution < -0.4 is 14.9 Å². The summed E-state index contributed by atoms with van der Waals surface area (Å²) in [6, 6.07) is 10.1. The minimum absolute atomic E-state index is 0.0962. The molecule has 0 amide bonds. The van der Waals surface area contributed by atoms with E-state index in [1.54, 1.807) is 37.3 Å². The average molecular weight is 369 g/mol. The molecule has 1 heterocycles. The lowest BCUT2D eigenvalue weighted by Gasteiger charge is -2.15. The Hall–Kier alpha value is -2.99. The lowest BCUT2D eigenvalue weighted by Crippen LogP contribution is -2.13. The Balaban J connectivity index is 2.04. The van der Waals surface area contributed by atoms with Gasteiger partial charge in [-0.25, -0.2) is 0 Å². The molecule has 0 saturated carbocycles. The molecule has 27 heavy (non-hydrogen) atoms. The maximum Gasteiger partial charge on any atom is 0.235 e. The van der Waals surface area contributed by atoms with Crippen LogP contribution in [0.5, 0.6) is 23.0 Å². The Bertz CT molecular complexity index is 1010. The van der Waals surface area contributed by atoms with Gasteiger partial charge in [-0.3, -0.25) is 4.79 Å². The van der Waals surface area contributed by atoms with Crippen LogP contribution in [-0.2, 0) is 6.54 Å². The smallest absolute Gasteiger partial charge is 0.235 e. The van der Waals surface area contributed by atoms with E-state index < -0.39 is 0 Å². The maximum atomic E-state index is 13.0. The highest BCUT2D eigenvalue weighted by molar-refractivity contribution is 5.83. The molecule has 0 unspecified atom stereocenters. The number of nitrogens with zero attached hydrogens (tertiary/aromatic N) is 1. The Morgan fingerprint density at radius 2 is 1.74 bits per heavy atom. The van der Waals surface area contributed by atoms with Gasteiger partial charge >= 0.3 is 0 Å². The molecule has 6 nitrogen and oxygen atoms in total. The molecule has 0 saturated heterocycles. The molecule has 0 radical (unpaired) electrons. The third-order valence-electron chi connectivity index (χ3n) is 4.09. The third kappa shape index (κ3) is 3.90. The van der Waals surface area contributed by atoms with Crippen molar-refractivity contribution in [3.05, 3.63) is 57.9 Å². The van der Waals surface area contributed by atoms with Crippen LogP contribution >= 0.6 is 0 Å². The fraction of sp³-hybridized carbons (Fsp3) is 0.286. The van der Waals surface area contributed by atoms with Crippen molar-refractivity contribution >= 4 is 11.0 Å². The molecule has 142 valence electrons. The van der Waals surface area contributed by atoms with E-state index in [-0.39, 0.29) is 16.9 Å². The van der Waals surface area contributed by atoms with Crippen molar-refractivity contribution in [2.75, 3.05) is 20.7 Å². The Labute approximate surface area is 157 Å². The van der Waals surface area contributed by atoms with Crippen molar-refractivity contribution in [3.63, 3.8) is 0 Å². The first-order chi connectivity index (χ1) is 12.9. The zero-order chi connectivity index (χ0) is 19.6. The minimum Gasteiger partial charge on any atom is -0.507 e. The first kappa shape index (κ1) is 18.8. The average Bonchev–Trinajstić information content (AvgIpc) is 2.62. The zero-order valence-electron chi connectivity index (χ0n) is 15.9. The summed E-state index contributed by atoms with van der Waals surface area (Å²) in [5.41, 5.74) is 0.679. The largest absolute Gasteiger partial charge is 0.507 e. The monoisotopic (exact) mass is 369 g/mol. The number of hydrogen-bond donors (Lipinski definition) is 1. The predicted molar refractivity (Wildman–Crippen MR) is 104 cm³/mol. The summed E-state index contributed by atoms with van der Waals surface area (Å²) >= 11 is 0. The number of phenols is 1. The summed E-state index contributed by atoms with van der Waals surface area (Å²) in [5.74, 6) is 1.83. The summed E-state index contributed by atoms with van der Waals surface area (Å²) in [5, 5.41) is 10.6. The normalized spacial score (nSPS) is 11.1. The van der Waals surface area contributed by atoms with E-state index in [4.69, 9.17) is 13.9 Å². The third-order valence-corrected chi connectivity index (χ3v) is 4.09. The number of aryl methyl sites for hydroxylation is 1. The molecule has 3 rings (SSSR count). The number of phenolic OH excluding ortho intramolecular Hbond substituents is 1. The second-order valence-corrected chi connectivity index (χ2v) is 6.50. The first-order valence-electron chi connectivity index (χ1n) is 8.74. The van der Waals surface area contributed by atoms with Crippen LogP contribution in [0.1, 0.15) is 18.2 Å². The molecule has 0 aliphatic carbocycles. The second kappa shape index (κ2) is 7.72. The van der Waals surface area contributed by atoms with E-state index in [9.17, 15) is 9.90 Å². The quantitative estimate of drug-likeness (QED) is 0.706. The lowest BCUT2D eigenvalue weighted by molar-refractivity contribution is 0.339. The van der Waals surface area contributed by atoms with Gasteiger partial charge in [-0.2, -0.15) is 0 Å². The van der Waals surface area contributed by atoms with Crippen LogP contribution in [0.3, 0.4) is 0 Å². The molecule has 1 N–H and O–H groups in total. The van der Waals surface area contributed by atoms with Crippen molar-refractivity contribution < 1.29 is 19.0 Å². The van der Waals surface area contributed by atoms with Crippen molar-refractivity contribution in [2.45, 2.75) is 20.4 Å². The molecular formula is C21H23NO5. The minimum atomic E-state index is -0.275. The molecule has 0 fully saturated rings. The number of rotatable bonds is 6. The van der Waals surface area contributed by atoms with E-state index in [1.165, 1.54) is 6.07 Å². The molecule has 0 aliphatic rings. The van der Waals surface area contributed by atoms with Gasteiger partial charge in [0.25, 0.3) is 0 Å². The lowest BCUT2D eigenvalue weighted by atomic mass is 10.1. The van der Waals surface area contributed by atoms with Gasteiger partial charge in [0, 0.05) is 6.54 Å². The van der Waals surface area contributed by atoms with Crippen LogP contribution in [0.4, 0.5) is 0 Å². The van der Waals surface area contributed by atoms with Crippen LogP contribution in [-0.4, -0.2) is 30.7 Å². The molecule has 6 heteroatoms. The van der Waals surface area contributed by atoms with Crippen molar-refractivity contribution in [3.8, 4) is 23.0 Å². The van der Waals surface area contributed by atoms with Gasteiger partial charge in [-0.05, 0) is 64.3 Å². The van der Waals surface area contributed by atoms with Crippen molar-refractivity contribution in [1.29, 1.82) is 0 Å². The molecule has 2 aromatic carbocycles. The zero-order valence-corrected chi connectivity index (χ0v) is 15.9. The van der Waals surface area contributed by atoms with Gasteiger partial charge in [-0.1, -0.05) is 0 Å². The molecule has 1 aromatic heterocycles. The maximum absolute atomic E-state index is 13.0. The van der Waals surface area contributed by atoms with E-state index in [0.29, 0.717) is 41.2 Å². The SMILES string of the molecule is CCOc1ccc(Oc2c(C)oc3c(CN(C)C)c(O)ccc3c2=O)cc1. The van der Waals surface area contributed by atoms with Gasteiger partial charge in [0.2, 0.25) is 11.2 Å². The van der Waals surface area contributed by atoms with Crippen molar-refractivity contribution in [2.24, 2.45) is 0 Å². The topological polar surface area (TPSA) is 72.1 Å². The molecule has 0 spiro atoms. The fourth-order valence-corrected chi connectivity index (χ4v) is 2.87. The summed E-state index contributed by atoms with van der Waals surface area (Å²) in [6.07, 6.45) is 0. The summed E-state index contributed by atoms with van der Waals surface area (Å²) < 4.78 is 17.1. The van der Waals surface area contributed by atoms with Gasteiger partial charge < -0.3 is 23.9 Å². The first-order valence-corrected chi connectivity index (χ1v) is 8.74. The molecule has 3 aromatic rings. The summed E-state index contributed by atoms with van der Waals surface area (Å²) in [7, 11) is 3.76. The number of hydrogen-bond acceptors (Lipinski definition) is 6. The highest BCUT2D eigenvalue weighted by Crippen LogP contribution is 2.31. The molecule has 0 aliphatic heterocycles. The Kier molecular flexibility index (Phi) is 5.37. The van der Waals surface area contributed by atoms with Crippen molar-refractivity contribution in [1.82, 2.24) is 4.90 Å². The molecule has 0 bridgehead atoms. The van der Waals surface area contributed by atoms with Crippen LogP contribution in [0.15, 0.2) is 45.6 Å². The standard InChI is InChI=1S/C21H23NO5/c1-5-25-14-6-8-15(9-7-14)27-20-13(2)26-21-16(19(20)24)10-11-18(23)17(21)12-22(3)4/h6-11,23H,5,12H2,1-4H3. The molecular weight excluding hydrogens is 346 g/mol. The highest BCUT2D eigenvalue weighted by Gasteiger charge is 2.18. The van der Waals surface area contributed by atoms with E-state index in [2.05, 4.69) is 0 Å². The fourth-order valence-electron chi connectivity index (χ4n) is 2.87. The Morgan fingerprint density at radius 3 is 2.37 bits per heavy atom. The summed E-state index contributed by atoms with van der Waals surface area (Å²) in [6.45, 7) is 4.62. The molecule has 0 atom stereocenters. The van der Waals surface area contributed by atoms with Crippen LogP contribution in [0.25, 0.3) is 11.0 Å². The predicted octanol–water partition coefficient (Wildman–Crippen LogP) is 4.06. The van der Waals surface area contributed by atoms with Gasteiger partial charge in [-0.15, -0.1) is 0 Å². The van der Waals surface area contributed by atoms with Gasteiger partial charge in [0.05, 0.1) is 17.6 Å². The van der Waals surface area contributed by atoms with E-state index in [0.717, 1.165) is 5.75 Å². The second-order valence-electron chi connectivity index (χ2n) is 6.50. The van der Waals surface area contributed by atoms with Gasteiger partial charge in [0.1, 0.15) is 28.6 Å². The number of fused-ring (bicyclic) bond motifs is 1. The number of benzene rings is 2. The Morgan fingerprint density at radius 1 is 1.07 bits per heavy atom. The number of aromatic hydroxyl groups is 1. The van der Waals surface area contributed by atoms with Crippen LogP contribution in [0, 0.1) is 6.92 Å². The highest BCUT2D eigenvalue weighted by atomic mass is 16.5. The van der Waals surface area contributed by atoms with E-state index >= 15 is 0 Å². The van der Waals surface area contributed by atoms with Gasteiger partial charge in [0.15, 0.2) is 0 Å².